The zero-order valence-corrected chi connectivity index (χ0v) is 16.6. The number of nitrogens with one attached hydrogen (secondary N) is 1. The average molecular weight is 422 g/mol. The summed E-state index contributed by atoms with van der Waals surface area (Å²) in [7, 11) is 0. The quantitative estimate of drug-likeness (QED) is 0.392. The van der Waals surface area contributed by atoms with Crippen LogP contribution in [-0.4, -0.2) is 23.2 Å². The van der Waals surface area contributed by atoms with Gasteiger partial charge in [0.2, 0.25) is 0 Å². The third-order valence-electron chi connectivity index (χ3n) is 4.97. The first-order valence-electron chi connectivity index (χ1n) is 9.49. The lowest BCUT2D eigenvalue weighted by atomic mass is 10.1. The molecule has 0 atom stereocenters. The van der Waals surface area contributed by atoms with Gasteiger partial charge in [-0.1, -0.05) is 23.7 Å². The highest BCUT2D eigenvalue weighted by atomic mass is 35.5. The lowest BCUT2D eigenvalue weighted by Gasteiger charge is -2.17. The largest absolute Gasteiger partial charge is 0.489 e. The van der Waals surface area contributed by atoms with Gasteiger partial charge in [0, 0.05) is 34.6 Å². The molecule has 2 bridgehead atoms. The SMILES string of the molecule is Fc1c(Cl)ccc2c1Nc1ccnc3ccc(cc13)-c1ncccc1OCCOC2. The minimum Gasteiger partial charge on any atom is -0.489 e. The Labute approximate surface area is 177 Å². The van der Waals surface area contributed by atoms with Crippen molar-refractivity contribution in [2.75, 3.05) is 18.5 Å². The summed E-state index contributed by atoms with van der Waals surface area (Å²) in [5, 5.41) is 4.09. The third-order valence-corrected chi connectivity index (χ3v) is 5.26. The number of ether oxygens (including phenoxy) is 2. The number of benzene rings is 2. The first kappa shape index (κ1) is 18.8. The van der Waals surface area contributed by atoms with Crippen LogP contribution in [0, 0.1) is 5.82 Å². The van der Waals surface area contributed by atoms with Crippen LogP contribution in [-0.2, 0) is 11.3 Å². The van der Waals surface area contributed by atoms with E-state index in [2.05, 4.69) is 15.3 Å². The van der Waals surface area contributed by atoms with Gasteiger partial charge >= 0.3 is 0 Å². The van der Waals surface area contributed by atoms with Crippen LogP contribution in [0.3, 0.4) is 0 Å². The maximum absolute atomic E-state index is 14.9. The topological polar surface area (TPSA) is 56.3 Å². The Bertz CT molecular complexity index is 1250. The monoisotopic (exact) mass is 421 g/mol. The van der Waals surface area contributed by atoms with E-state index < -0.39 is 5.82 Å². The zero-order valence-electron chi connectivity index (χ0n) is 15.9. The summed E-state index contributed by atoms with van der Waals surface area (Å²) in [4.78, 5) is 8.94. The molecule has 2 aromatic carbocycles. The second kappa shape index (κ2) is 7.89. The number of hydrogen-bond donors (Lipinski definition) is 1. The van der Waals surface area contributed by atoms with Gasteiger partial charge in [0.25, 0.3) is 0 Å². The van der Waals surface area contributed by atoms with Crippen molar-refractivity contribution < 1.29 is 13.9 Å². The first-order chi connectivity index (χ1) is 14.7. The summed E-state index contributed by atoms with van der Waals surface area (Å²) >= 11 is 6.05. The Kier molecular flexibility index (Phi) is 4.94. The molecular formula is C23H17ClFN3O2. The van der Waals surface area contributed by atoms with E-state index in [1.165, 1.54) is 6.07 Å². The van der Waals surface area contributed by atoms with Crippen LogP contribution < -0.4 is 10.1 Å². The number of rotatable bonds is 0. The Morgan fingerprint density at radius 2 is 1.93 bits per heavy atom. The molecule has 5 rings (SSSR count). The molecule has 4 aromatic rings. The van der Waals surface area contributed by atoms with Crippen molar-refractivity contribution in [3.63, 3.8) is 0 Å². The molecule has 1 aliphatic heterocycles. The summed E-state index contributed by atoms with van der Waals surface area (Å²) in [6.07, 6.45) is 3.41. The highest BCUT2D eigenvalue weighted by Crippen LogP contribution is 2.35. The average Bonchev–Trinajstić information content (AvgIpc) is 2.77. The van der Waals surface area contributed by atoms with Crippen molar-refractivity contribution in [1.82, 2.24) is 9.97 Å². The molecule has 0 saturated carbocycles. The molecule has 0 saturated heterocycles. The zero-order chi connectivity index (χ0) is 20.5. The Morgan fingerprint density at radius 3 is 2.87 bits per heavy atom. The summed E-state index contributed by atoms with van der Waals surface area (Å²) in [6, 6.07) is 14.7. The fourth-order valence-electron chi connectivity index (χ4n) is 3.50. The van der Waals surface area contributed by atoms with Crippen LogP contribution in [0.2, 0.25) is 5.02 Å². The molecule has 1 N–H and O–H groups in total. The van der Waals surface area contributed by atoms with Gasteiger partial charge in [-0.15, -0.1) is 0 Å². The molecule has 0 spiro atoms. The van der Waals surface area contributed by atoms with Crippen LogP contribution in [0.5, 0.6) is 5.75 Å². The summed E-state index contributed by atoms with van der Waals surface area (Å²) in [5.41, 5.74) is 4.03. The standard InChI is InChI=1S/C23H17ClFN3O2/c24-17-5-3-15-13-29-10-11-30-20-2-1-8-27-22(20)14-4-6-18-16(12-14)19(7-9-26-18)28-23(15)21(17)25/h1-9,12,28H,10-11,13H2. The van der Waals surface area contributed by atoms with Gasteiger partial charge in [-0.3, -0.25) is 9.97 Å². The number of fused-ring (bicyclic) bond motifs is 4. The van der Waals surface area contributed by atoms with Crippen molar-refractivity contribution in [2.45, 2.75) is 6.61 Å². The molecule has 0 radical (unpaired) electrons. The molecule has 2 aromatic heterocycles. The number of pyridine rings is 2. The second-order valence-electron chi connectivity index (χ2n) is 6.86. The summed E-state index contributed by atoms with van der Waals surface area (Å²) < 4.78 is 26.6. The van der Waals surface area contributed by atoms with Gasteiger partial charge in [-0.25, -0.2) is 4.39 Å². The Morgan fingerprint density at radius 1 is 1.00 bits per heavy atom. The van der Waals surface area contributed by atoms with Crippen LogP contribution in [0.1, 0.15) is 5.56 Å². The Hall–Kier alpha value is -3.22. The molecule has 5 nitrogen and oxygen atoms in total. The van der Waals surface area contributed by atoms with E-state index in [0.717, 1.165) is 22.2 Å². The number of aromatic nitrogens is 2. The lowest BCUT2D eigenvalue weighted by molar-refractivity contribution is 0.0892. The van der Waals surface area contributed by atoms with Crippen LogP contribution >= 0.6 is 11.6 Å². The van der Waals surface area contributed by atoms with Gasteiger partial charge in [-0.05, 0) is 36.4 Å². The molecule has 3 heterocycles. The highest BCUT2D eigenvalue weighted by Gasteiger charge is 2.16. The number of anilines is 2. The van der Waals surface area contributed by atoms with Crippen LogP contribution in [0.25, 0.3) is 22.2 Å². The molecule has 0 amide bonds. The predicted molar refractivity (Wildman–Crippen MR) is 115 cm³/mol. The minimum atomic E-state index is -0.519. The number of nitrogens with zero attached hydrogens (tertiary/aromatic N) is 2. The maximum atomic E-state index is 14.9. The van der Waals surface area contributed by atoms with E-state index in [0.29, 0.717) is 30.2 Å². The van der Waals surface area contributed by atoms with Gasteiger partial charge in [0.1, 0.15) is 18.1 Å². The fraction of sp³-hybridized carbons (Fsp3) is 0.130. The van der Waals surface area contributed by atoms with E-state index in [1.54, 1.807) is 24.5 Å². The molecule has 7 heteroatoms. The minimum absolute atomic E-state index is 0.0443. The van der Waals surface area contributed by atoms with E-state index in [1.807, 2.05) is 30.3 Å². The van der Waals surface area contributed by atoms with Crippen molar-refractivity contribution >= 4 is 33.9 Å². The second-order valence-corrected chi connectivity index (χ2v) is 7.27. The number of halogens is 2. The molecule has 0 fully saturated rings. The van der Waals surface area contributed by atoms with E-state index in [-0.39, 0.29) is 17.3 Å². The van der Waals surface area contributed by atoms with E-state index in [4.69, 9.17) is 21.1 Å². The van der Waals surface area contributed by atoms with E-state index in [9.17, 15) is 4.39 Å². The smallest absolute Gasteiger partial charge is 0.165 e. The highest BCUT2D eigenvalue weighted by molar-refractivity contribution is 6.31. The maximum Gasteiger partial charge on any atom is 0.165 e. The fourth-order valence-corrected chi connectivity index (χ4v) is 3.66. The number of hydrogen-bond acceptors (Lipinski definition) is 5. The molecule has 0 aliphatic carbocycles. The van der Waals surface area contributed by atoms with Gasteiger partial charge in [-0.2, -0.15) is 0 Å². The third kappa shape index (κ3) is 3.44. The molecule has 30 heavy (non-hydrogen) atoms. The first-order valence-corrected chi connectivity index (χ1v) is 9.87. The normalized spacial score (nSPS) is 13.7. The van der Waals surface area contributed by atoms with Crippen molar-refractivity contribution in [1.29, 1.82) is 0 Å². The van der Waals surface area contributed by atoms with Crippen LogP contribution in [0.15, 0.2) is 60.9 Å². The molecular weight excluding hydrogens is 405 g/mol. The molecule has 150 valence electrons. The van der Waals surface area contributed by atoms with Crippen molar-refractivity contribution in [3.05, 3.63) is 77.3 Å². The Balaban J connectivity index is 1.72. The molecule has 1 aliphatic rings. The molecule has 0 unspecified atom stereocenters. The van der Waals surface area contributed by atoms with Gasteiger partial charge < -0.3 is 14.8 Å². The van der Waals surface area contributed by atoms with E-state index >= 15 is 0 Å². The van der Waals surface area contributed by atoms with Gasteiger partial charge in [0.15, 0.2) is 5.82 Å². The summed E-state index contributed by atoms with van der Waals surface area (Å²) in [5.74, 6) is 0.156. The predicted octanol–water partition coefficient (Wildman–Crippen LogP) is 5.74. The van der Waals surface area contributed by atoms with Gasteiger partial charge in [0.05, 0.1) is 29.4 Å². The van der Waals surface area contributed by atoms with Crippen LogP contribution in [0.4, 0.5) is 15.8 Å². The summed E-state index contributed by atoms with van der Waals surface area (Å²) in [6.45, 7) is 0.906. The lowest BCUT2D eigenvalue weighted by Crippen LogP contribution is -2.09. The van der Waals surface area contributed by atoms with Crippen molar-refractivity contribution in [3.8, 4) is 17.0 Å². The van der Waals surface area contributed by atoms with Crippen molar-refractivity contribution in [2.24, 2.45) is 0 Å².